The molecule has 2 N–H and O–H groups in total. The summed E-state index contributed by atoms with van der Waals surface area (Å²) in [5, 5.41) is 6.08. The Kier molecular flexibility index (Phi) is 2.79. The molecule has 0 radical (unpaired) electrons. The molecular weight excluding hydrogens is 176 g/mol. The lowest BCUT2D eigenvalue weighted by Crippen LogP contribution is -2.24. The van der Waals surface area contributed by atoms with Gasteiger partial charge in [-0.05, 0) is 25.1 Å². The summed E-state index contributed by atoms with van der Waals surface area (Å²) >= 11 is 0. The standard InChI is InChI=1S/C11H14N2O/c14-11(9-6-7-12-8-9)13-10-4-2-1-3-5-10/h1-5,9,12H,6-8H2,(H,13,14). The van der Waals surface area contributed by atoms with E-state index in [-0.39, 0.29) is 11.8 Å². The van der Waals surface area contributed by atoms with Crippen LogP contribution in [0.1, 0.15) is 6.42 Å². The highest BCUT2D eigenvalue weighted by Gasteiger charge is 2.21. The third kappa shape index (κ3) is 2.12. The molecule has 0 aromatic heterocycles. The average Bonchev–Trinajstić information content (AvgIpc) is 2.72. The summed E-state index contributed by atoms with van der Waals surface area (Å²) in [4.78, 5) is 11.7. The number of rotatable bonds is 2. The summed E-state index contributed by atoms with van der Waals surface area (Å²) in [5.74, 6) is 0.261. The maximum absolute atomic E-state index is 11.7. The first kappa shape index (κ1) is 9.21. The van der Waals surface area contributed by atoms with Gasteiger partial charge < -0.3 is 10.6 Å². The fraction of sp³-hybridized carbons (Fsp3) is 0.364. The van der Waals surface area contributed by atoms with Crippen LogP contribution in [-0.4, -0.2) is 19.0 Å². The molecule has 1 atom stereocenters. The SMILES string of the molecule is O=C(Nc1ccccc1)C1CCNC1. The van der Waals surface area contributed by atoms with Gasteiger partial charge in [-0.3, -0.25) is 4.79 Å². The molecule has 1 heterocycles. The Morgan fingerprint density at radius 1 is 1.36 bits per heavy atom. The van der Waals surface area contributed by atoms with Crippen molar-refractivity contribution in [1.82, 2.24) is 5.32 Å². The van der Waals surface area contributed by atoms with Crippen molar-refractivity contribution in [2.45, 2.75) is 6.42 Å². The Morgan fingerprint density at radius 3 is 2.79 bits per heavy atom. The number of hydrogen-bond acceptors (Lipinski definition) is 2. The minimum atomic E-state index is 0.126. The van der Waals surface area contributed by atoms with Crippen molar-refractivity contribution in [2.75, 3.05) is 18.4 Å². The lowest BCUT2D eigenvalue weighted by Gasteiger charge is -2.09. The average molecular weight is 190 g/mol. The van der Waals surface area contributed by atoms with Crippen LogP contribution in [0.3, 0.4) is 0 Å². The van der Waals surface area contributed by atoms with E-state index in [0.717, 1.165) is 25.2 Å². The van der Waals surface area contributed by atoms with Crippen molar-refractivity contribution in [3.05, 3.63) is 30.3 Å². The molecule has 1 aromatic carbocycles. The predicted octanol–water partition coefficient (Wildman–Crippen LogP) is 1.23. The van der Waals surface area contributed by atoms with Gasteiger partial charge in [-0.2, -0.15) is 0 Å². The van der Waals surface area contributed by atoms with Gasteiger partial charge in [-0.15, -0.1) is 0 Å². The normalized spacial score (nSPS) is 20.7. The highest BCUT2D eigenvalue weighted by molar-refractivity contribution is 5.92. The second-order valence-corrected chi connectivity index (χ2v) is 3.54. The van der Waals surface area contributed by atoms with Crippen LogP contribution in [0.15, 0.2) is 30.3 Å². The summed E-state index contributed by atoms with van der Waals surface area (Å²) in [5.41, 5.74) is 0.879. The topological polar surface area (TPSA) is 41.1 Å². The van der Waals surface area contributed by atoms with Crippen LogP contribution in [0.4, 0.5) is 5.69 Å². The van der Waals surface area contributed by atoms with Gasteiger partial charge in [0.05, 0.1) is 5.92 Å². The van der Waals surface area contributed by atoms with Crippen LogP contribution >= 0.6 is 0 Å². The molecular formula is C11H14N2O. The van der Waals surface area contributed by atoms with Crippen molar-refractivity contribution in [1.29, 1.82) is 0 Å². The monoisotopic (exact) mass is 190 g/mol. The van der Waals surface area contributed by atoms with Gasteiger partial charge in [-0.25, -0.2) is 0 Å². The van der Waals surface area contributed by atoms with Gasteiger partial charge in [0, 0.05) is 12.2 Å². The summed E-state index contributed by atoms with van der Waals surface area (Å²) in [7, 11) is 0. The lowest BCUT2D eigenvalue weighted by molar-refractivity contribution is -0.119. The van der Waals surface area contributed by atoms with E-state index in [2.05, 4.69) is 10.6 Å². The Bertz CT molecular complexity index is 304. The highest BCUT2D eigenvalue weighted by atomic mass is 16.1. The maximum atomic E-state index is 11.7. The largest absolute Gasteiger partial charge is 0.326 e. The minimum Gasteiger partial charge on any atom is -0.326 e. The van der Waals surface area contributed by atoms with E-state index in [9.17, 15) is 4.79 Å². The number of anilines is 1. The molecule has 0 saturated carbocycles. The molecule has 1 aliphatic heterocycles. The summed E-state index contributed by atoms with van der Waals surface area (Å²) in [6.45, 7) is 1.76. The van der Waals surface area contributed by atoms with E-state index in [1.165, 1.54) is 0 Å². The molecule has 1 saturated heterocycles. The number of para-hydroxylation sites is 1. The smallest absolute Gasteiger partial charge is 0.228 e. The molecule has 1 aliphatic rings. The van der Waals surface area contributed by atoms with Crippen molar-refractivity contribution in [3.8, 4) is 0 Å². The fourth-order valence-corrected chi connectivity index (χ4v) is 1.64. The van der Waals surface area contributed by atoms with Gasteiger partial charge >= 0.3 is 0 Å². The van der Waals surface area contributed by atoms with Gasteiger partial charge in [0.15, 0.2) is 0 Å². The Morgan fingerprint density at radius 2 is 2.14 bits per heavy atom. The molecule has 14 heavy (non-hydrogen) atoms. The highest BCUT2D eigenvalue weighted by Crippen LogP contribution is 2.12. The summed E-state index contributed by atoms with van der Waals surface area (Å²) in [6.07, 6.45) is 0.943. The Balaban J connectivity index is 1.94. The number of hydrogen-bond donors (Lipinski definition) is 2. The van der Waals surface area contributed by atoms with Crippen LogP contribution in [0.25, 0.3) is 0 Å². The molecule has 2 rings (SSSR count). The molecule has 1 fully saturated rings. The van der Waals surface area contributed by atoms with E-state index in [0.29, 0.717) is 0 Å². The molecule has 1 amide bonds. The predicted molar refractivity (Wildman–Crippen MR) is 56.0 cm³/mol. The lowest BCUT2D eigenvalue weighted by atomic mass is 10.1. The number of nitrogens with one attached hydrogen (secondary N) is 2. The van der Waals surface area contributed by atoms with Crippen molar-refractivity contribution in [3.63, 3.8) is 0 Å². The molecule has 3 nitrogen and oxygen atoms in total. The number of amides is 1. The Hall–Kier alpha value is -1.35. The summed E-state index contributed by atoms with van der Waals surface area (Å²) < 4.78 is 0. The van der Waals surface area contributed by atoms with Crippen LogP contribution in [0, 0.1) is 5.92 Å². The zero-order valence-electron chi connectivity index (χ0n) is 7.99. The zero-order valence-corrected chi connectivity index (χ0v) is 7.99. The third-order valence-corrected chi connectivity index (χ3v) is 2.47. The zero-order chi connectivity index (χ0) is 9.80. The third-order valence-electron chi connectivity index (χ3n) is 2.47. The quantitative estimate of drug-likeness (QED) is 0.736. The minimum absolute atomic E-state index is 0.126. The number of benzene rings is 1. The Labute approximate surface area is 83.5 Å². The van der Waals surface area contributed by atoms with Crippen LogP contribution < -0.4 is 10.6 Å². The van der Waals surface area contributed by atoms with E-state index in [4.69, 9.17) is 0 Å². The fourth-order valence-electron chi connectivity index (χ4n) is 1.64. The molecule has 1 aromatic rings. The van der Waals surface area contributed by atoms with Crippen molar-refractivity contribution < 1.29 is 4.79 Å². The molecule has 0 spiro atoms. The van der Waals surface area contributed by atoms with Crippen molar-refractivity contribution >= 4 is 11.6 Å². The van der Waals surface area contributed by atoms with Crippen LogP contribution in [0.2, 0.25) is 0 Å². The first-order valence-electron chi connectivity index (χ1n) is 4.93. The number of carbonyl (C=O) groups is 1. The molecule has 3 heteroatoms. The maximum Gasteiger partial charge on any atom is 0.228 e. The van der Waals surface area contributed by atoms with E-state index in [1.54, 1.807) is 0 Å². The van der Waals surface area contributed by atoms with Gasteiger partial charge in [-0.1, -0.05) is 18.2 Å². The number of carbonyl (C=O) groups excluding carboxylic acids is 1. The second-order valence-electron chi connectivity index (χ2n) is 3.54. The molecule has 74 valence electrons. The molecule has 1 unspecified atom stereocenters. The van der Waals surface area contributed by atoms with E-state index < -0.39 is 0 Å². The molecule has 0 aliphatic carbocycles. The first-order valence-corrected chi connectivity index (χ1v) is 4.93. The summed E-state index contributed by atoms with van der Waals surface area (Å²) in [6, 6.07) is 9.58. The van der Waals surface area contributed by atoms with Crippen LogP contribution in [0.5, 0.6) is 0 Å². The van der Waals surface area contributed by atoms with Gasteiger partial charge in [0.25, 0.3) is 0 Å². The van der Waals surface area contributed by atoms with Crippen LogP contribution in [-0.2, 0) is 4.79 Å². The van der Waals surface area contributed by atoms with Gasteiger partial charge in [0.2, 0.25) is 5.91 Å². The van der Waals surface area contributed by atoms with Crippen molar-refractivity contribution in [2.24, 2.45) is 5.92 Å². The second kappa shape index (κ2) is 4.24. The van der Waals surface area contributed by atoms with E-state index in [1.807, 2.05) is 30.3 Å². The van der Waals surface area contributed by atoms with E-state index >= 15 is 0 Å². The first-order chi connectivity index (χ1) is 6.86. The molecule has 0 bridgehead atoms. The van der Waals surface area contributed by atoms with Gasteiger partial charge in [0.1, 0.15) is 0 Å².